The Kier molecular flexibility index (Phi) is 4.97. The molecule has 4 rings (SSSR count). The monoisotopic (exact) mass is 344 g/mol. The molecule has 0 saturated heterocycles. The van der Waals surface area contributed by atoms with Gasteiger partial charge in [0.1, 0.15) is 11.6 Å². The van der Waals surface area contributed by atoms with Crippen LogP contribution in [0, 0.1) is 41.2 Å². The summed E-state index contributed by atoms with van der Waals surface area (Å²) in [5.41, 5.74) is 0.884. The summed E-state index contributed by atoms with van der Waals surface area (Å²) in [5.74, 6) is 3.75. The van der Waals surface area contributed by atoms with Crippen molar-refractivity contribution in [2.45, 2.75) is 64.2 Å². The Labute approximate surface area is 150 Å². The van der Waals surface area contributed by atoms with E-state index >= 15 is 0 Å². The van der Waals surface area contributed by atoms with Crippen molar-refractivity contribution < 1.29 is 8.78 Å². The van der Waals surface area contributed by atoms with Gasteiger partial charge in [0.2, 0.25) is 0 Å². The molecule has 6 unspecified atom stereocenters. The molecule has 2 heteroatoms. The summed E-state index contributed by atoms with van der Waals surface area (Å²) < 4.78 is 27.2. The molecule has 0 bridgehead atoms. The fourth-order valence-electron chi connectivity index (χ4n) is 6.39. The summed E-state index contributed by atoms with van der Waals surface area (Å²) in [6.45, 7) is 2.14. The van der Waals surface area contributed by atoms with Gasteiger partial charge in [0.15, 0.2) is 0 Å². The maximum absolute atomic E-state index is 13.6. The van der Waals surface area contributed by atoms with Crippen molar-refractivity contribution in [3.05, 3.63) is 47.5 Å². The average molecular weight is 344 g/mol. The van der Waals surface area contributed by atoms with Crippen LogP contribution < -0.4 is 0 Å². The van der Waals surface area contributed by atoms with Crippen LogP contribution in [0.1, 0.15) is 69.8 Å². The molecule has 0 radical (unpaired) electrons. The standard InChI is InChI=1S/C23H30F2/c1-2-3-15-4-8-22-17(10-15)5-6-18-11-16(7-9-23(18)22)19-12-20(24)14-21(25)13-19/h2-3,12-18,22-23H,4-11H2,1H3/b3-2+. The van der Waals surface area contributed by atoms with Gasteiger partial charge >= 0.3 is 0 Å². The molecular formula is C23H30F2. The first-order valence-corrected chi connectivity index (χ1v) is 10.2. The highest BCUT2D eigenvalue weighted by molar-refractivity contribution is 5.23. The minimum absolute atomic E-state index is 0.349. The zero-order valence-corrected chi connectivity index (χ0v) is 15.3. The highest BCUT2D eigenvalue weighted by Gasteiger charge is 2.44. The smallest absolute Gasteiger partial charge is 0.126 e. The second kappa shape index (κ2) is 7.21. The number of fused-ring (bicyclic) bond motifs is 3. The Morgan fingerprint density at radius 3 is 2.12 bits per heavy atom. The fraction of sp³-hybridized carbons (Fsp3) is 0.652. The predicted octanol–water partition coefficient (Wildman–Crippen LogP) is 6.87. The molecule has 1 aromatic carbocycles. The maximum Gasteiger partial charge on any atom is 0.126 e. The predicted molar refractivity (Wildman–Crippen MR) is 98.3 cm³/mol. The van der Waals surface area contributed by atoms with Crippen molar-refractivity contribution >= 4 is 0 Å². The Balaban J connectivity index is 1.44. The summed E-state index contributed by atoms with van der Waals surface area (Å²) >= 11 is 0. The molecule has 3 fully saturated rings. The first-order valence-electron chi connectivity index (χ1n) is 10.2. The van der Waals surface area contributed by atoms with Crippen molar-refractivity contribution in [1.29, 1.82) is 0 Å². The number of allylic oxidation sites excluding steroid dienone is 2. The van der Waals surface area contributed by atoms with Gasteiger partial charge in [0.05, 0.1) is 0 Å². The molecule has 3 aliphatic rings. The van der Waals surface area contributed by atoms with Gasteiger partial charge in [-0.25, -0.2) is 8.78 Å². The first kappa shape index (κ1) is 17.2. The Hall–Kier alpha value is -1.18. The normalized spacial score (nSPS) is 38.4. The lowest BCUT2D eigenvalue weighted by atomic mass is 9.55. The Morgan fingerprint density at radius 1 is 0.800 bits per heavy atom. The molecule has 0 amide bonds. The quantitative estimate of drug-likeness (QED) is 0.514. The summed E-state index contributed by atoms with van der Waals surface area (Å²) in [6, 6.07) is 4.10. The third-order valence-electron chi connectivity index (χ3n) is 7.40. The van der Waals surface area contributed by atoms with Crippen molar-refractivity contribution in [1.82, 2.24) is 0 Å². The molecular weight excluding hydrogens is 314 g/mol. The van der Waals surface area contributed by atoms with Gasteiger partial charge in [-0.3, -0.25) is 0 Å². The fourth-order valence-corrected chi connectivity index (χ4v) is 6.39. The summed E-state index contributed by atoms with van der Waals surface area (Å²) in [5, 5.41) is 0. The number of halogens is 2. The van der Waals surface area contributed by atoms with Crippen LogP contribution in [0.5, 0.6) is 0 Å². The van der Waals surface area contributed by atoms with Crippen molar-refractivity contribution in [3.63, 3.8) is 0 Å². The summed E-state index contributed by atoms with van der Waals surface area (Å²) in [4.78, 5) is 0. The maximum atomic E-state index is 13.6. The van der Waals surface area contributed by atoms with E-state index in [2.05, 4.69) is 19.1 Å². The number of rotatable bonds is 2. The third-order valence-corrected chi connectivity index (χ3v) is 7.40. The zero-order valence-electron chi connectivity index (χ0n) is 15.3. The minimum Gasteiger partial charge on any atom is -0.207 e. The number of hydrogen-bond acceptors (Lipinski definition) is 0. The lowest BCUT2D eigenvalue weighted by Crippen LogP contribution is -2.41. The molecule has 6 atom stereocenters. The van der Waals surface area contributed by atoms with Gasteiger partial charge in [0.25, 0.3) is 0 Å². The van der Waals surface area contributed by atoms with Crippen LogP contribution >= 0.6 is 0 Å². The molecule has 0 spiro atoms. The van der Waals surface area contributed by atoms with Gasteiger partial charge in [-0.2, -0.15) is 0 Å². The minimum atomic E-state index is -0.428. The van der Waals surface area contributed by atoms with E-state index in [4.69, 9.17) is 0 Å². The Morgan fingerprint density at radius 2 is 1.44 bits per heavy atom. The molecule has 3 saturated carbocycles. The van der Waals surface area contributed by atoms with E-state index in [1.807, 2.05) is 0 Å². The van der Waals surface area contributed by atoms with Gasteiger partial charge in [-0.1, -0.05) is 12.2 Å². The van der Waals surface area contributed by atoms with Crippen LogP contribution in [0.25, 0.3) is 0 Å². The molecule has 0 aromatic heterocycles. The van der Waals surface area contributed by atoms with Crippen LogP contribution in [0.3, 0.4) is 0 Å². The zero-order chi connectivity index (χ0) is 17.4. The van der Waals surface area contributed by atoms with Crippen LogP contribution in [-0.2, 0) is 0 Å². The largest absolute Gasteiger partial charge is 0.207 e. The molecule has 1 aromatic rings. The van der Waals surface area contributed by atoms with E-state index in [9.17, 15) is 8.78 Å². The molecule has 0 nitrogen and oxygen atoms in total. The average Bonchev–Trinajstić information content (AvgIpc) is 2.60. The van der Waals surface area contributed by atoms with Crippen LogP contribution in [0.15, 0.2) is 30.4 Å². The molecule has 25 heavy (non-hydrogen) atoms. The third kappa shape index (κ3) is 3.55. The number of benzene rings is 1. The van der Waals surface area contributed by atoms with Crippen molar-refractivity contribution in [2.24, 2.45) is 29.6 Å². The Bertz CT molecular complexity index is 615. The molecule has 0 heterocycles. The second-order valence-electron chi connectivity index (χ2n) is 8.74. The van der Waals surface area contributed by atoms with E-state index in [0.717, 1.165) is 54.1 Å². The van der Waals surface area contributed by atoms with Gasteiger partial charge in [-0.15, -0.1) is 0 Å². The molecule has 136 valence electrons. The van der Waals surface area contributed by atoms with Crippen molar-refractivity contribution in [3.8, 4) is 0 Å². The molecule has 3 aliphatic carbocycles. The van der Waals surface area contributed by atoms with Crippen LogP contribution in [0.2, 0.25) is 0 Å². The summed E-state index contributed by atoms with van der Waals surface area (Å²) in [6.07, 6.45) is 14.9. The lowest BCUT2D eigenvalue weighted by molar-refractivity contribution is 0.0127. The topological polar surface area (TPSA) is 0 Å². The summed E-state index contributed by atoms with van der Waals surface area (Å²) in [7, 11) is 0. The van der Waals surface area contributed by atoms with E-state index in [1.54, 1.807) is 12.1 Å². The highest BCUT2D eigenvalue weighted by Crippen LogP contribution is 2.54. The number of hydrogen-bond donors (Lipinski definition) is 0. The van der Waals surface area contributed by atoms with Crippen molar-refractivity contribution in [2.75, 3.05) is 0 Å². The van der Waals surface area contributed by atoms with Gasteiger partial charge in [0, 0.05) is 6.07 Å². The van der Waals surface area contributed by atoms with Gasteiger partial charge in [-0.05, 0) is 111 Å². The van der Waals surface area contributed by atoms with E-state index in [-0.39, 0.29) is 0 Å². The van der Waals surface area contributed by atoms with E-state index < -0.39 is 11.6 Å². The SMILES string of the molecule is C/C=C/C1CCC2C(CCC3CC(c4cc(F)cc(F)c4)CCC32)C1. The van der Waals surface area contributed by atoms with Gasteiger partial charge < -0.3 is 0 Å². The van der Waals surface area contributed by atoms with Crippen LogP contribution in [-0.4, -0.2) is 0 Å². The lowest BCUT2D eigenvalue weighted by Gasteiger charge is -2.50. The molecule has 0 N–H and O–H groups in total. The van der Waals surface area contributed by atoms with Crippen LogP contribution in [0.4, 0.5) is 8.78 Å². The van der Waals surface area contributed by atoms with E-state index in [0.29, 0.717) is 5.92 Å². The first-order chi connectivity index (χ1) is 12.1. The van der Waals surface area contributed by atoms with E-state index in [1.165, 1.54) is 38.5 Å². The molecule has 0 aliphatic heterocycles. The highest BCUT2D eigenvalue weighted by atomic mass is 19.1. The second-order valence-corrected chi connectivity index (χ2v) is 8.74.